The van der Waals surface area contributed by atoms with Crippen LogP contribution in [0.2, 0.25) is 0 Å². The maximum Gasteiger partial charge on any atom is 0.354 e. The van der Waals surface area contributed by atoms with Crippen molar-refractivity contribution in [1.82, 2.24) is 15.4 Å². The Hall–Kier alpha value is -1.96. The van der Waals surface area contributed by atoms with Crippen molar-refractivity contribution in [2.75, 3.05) is 16.9 Å². The smallest absolute Gasteiger partial charge is 0.348 e. The van der Waals surface area contributed by atoms with Gasteiger partial charge in [-0.1, -0.05) is 0 Å². The van der Waals surface area contributed by atoms with E-state index in [0.717, 1.165) is 25.8 Å². The molecule has 1 atom stereocenters. The molecule has 0 radical (unpaired) electrons. The van der Waals surface area contributed by atoms with Crippen molar-refractivity contribution >= 4 is 17.3 Å². The van der Waals surface area contributed by atoms with Crippen LogP contribution in [0.15, 0.2) is 6.33 Å². The summed E-state index contributed by atoms with van der Waals surface area (Å²) < 4.78 is 0. The molecule has 0 aromatic carbocycles. The van der Waals surface area contributed by atoms with Crippen molar-refractivity contribution in [3.63, 3.8) is 0 Å². The highest BCUT2D eigenvalue weighted by Gasteiger charge is 2.31. The van der Waals surface area contributed by atoms with Crippen molar-refractivity contribution in [2.45, 2.75) is 58.5 Å². The van der Waals surface area contributed by atoms with Gasteiger partial charge >= 0.3 is 5.69 Å². The van der Waals surface area contributed by atoms with Gasteiger partial charge in [0.25, 0.3) is 0 Å². The third-order valence-electron chi connectivity index (χ3n) is 3.62. The fourth-order valence-corrected chi connectivity index (χ4v) is 2.50. The van der Waals surface area contributed by atoms with Crippen LogP contribution in [0.3, 0.4) is 0 Å². The predicted octanol–water partition coefficient (Wildman–Crippen LogP) is 2.48. The average Bonchev–Trinajstić information content (AvgIpc) is 2.44. The molecule has 0 bridgehead atoms. The van der Waals surface area contributed by atoms with Gasteiger partial charge in [-0.3, -0.25) is 15.5 Å². The fraction of sp³-hybridized carbons (Fsp3) is 0.714. The Morgan fingerprint density at radius 2 is 2.09 bits per heavy atom. The van der Waals surface area contributed by atoms with Gasteiger partial charge in [0.15, 0.2) is 0 Å². The lowest BCUT2D eigenvalue weighted by Crippen LogP contribution is -2.41. The van der Waals surface area contributed by atoms with Crippen LogP contribution in [-0.2, 0) is 0 Å². The van der Waals surface area contributed by atoms with Gasteiger partial charge in [-0.05, 0) is 47.0 Å². The van der Waals surface area contributed by atoms with Gasteiger partial charge in [0, 0.05) is 18.1 Å². The number of rotatable bonds is 4. The number of hydrogen-bond acceptors (Lipinski definition) is 7. The van der Waals surface area contributed by atoms with E-state index in [9.17, 15) is 10.1 Å². The van der Waals surface area contributed by atoms with Crippen LogP contribution in [0.4, 0.5) is 17.3 Å². The maximum absolute atomic E-state index is 11.5. The summed E-state index contributed by atoms with van der Waals surface area (Å²) in [5, 5.41) is 11.5. The number of hydrogen-bond donors (Lipinski definition) is 2. The topological polar surface area (TPSA) is 96.2 Å². The second-order valence-electron chi connectivity index (χ2n) is 6.69. The Labute approximate surface area is 130 Å². The number of nitrogens with zero attached hydrogens (tertiary/aromatic N) is 4. The van der Waals surface area contributed by atoms with Gasteiger partial charge in [-0.15, -0.1) is 0 Å². The number of hydrazine groups is 1. The summed E-state index contributed by atoms with van der Waals surface area (Å²) in [5.41, 5.74) is 5.56. The monoisotopic (exact) mass is 308 g/mol. The highest BCUT2D eigenvalue weighted by Crippen LogP contribution is 2.34. The lowest BCUT2D eigenvalue weighted by atomic mass is 10.0. The number of anilines is 2. The third-order valence-corrected chi connectivity index (χ3v) is 3.62. The van der Waals surface area contributed by atoms with Gasteiger partial charge < -0.3 is 4.90 Å². The van der Waals surface area contributed by atoms with E-state index in [1.165, 1.54) is 6.33 Å². The first-order valence-electron chi connectivity index (χ1n) is 7.59. The molecular formula is C14H24N6O2. The molecule has 2 N–H and O–H groups in total. The van der Waals surface area contributed by atoms with E-state index in [1.807, 2.05) is 25.7 Å². The second kappa shape index (κ2) is 6.43. The molecule has 122 valence electrons. The molecule has 22 heavy (non-hydrogen) atoms. The zero-order chi connectivity index (χ0) is 16.3. The maximum atomic E-state index is 11.5. The first-order chi connectivity index (χ1) is 10.3. The molecule has 1 aliphatic rings. The van der Waals surface area contributed by atoms with Gasteiger partial charge in [0.05, 0.1) is 4.92 Å². The average molecular weight is 308 g/mol. The minimum atomic E-state index is -0.413. The van der Waals surface area contributed by atoms with Crippen molar-refractivity contribution in [1.29, 1.82) is 0 Å². The molecule has 8 heteroatoms. The van der Waals surface area contributed by atoms with Gasteiger partial charge in [0.1, 0.15) is 6.33 Å². The first-order valence-corrected chi connectivity index (χ1v) is 7.59. The number of nitrogens with one attached hydrogen (secondary N) is 2. The second-order valence-corrected chi connectivity index (χ2v) is 6.69. The molecule has 2 rings (SSSR count). The summed E-state index contributed by atoms with van der Waals surface area (Å²) in [6.45, 7) is 8.73. The van der Waals surface area contributed by atoms with Gasteiger partial charge in [0.2, 0.25) is 11.6 Å². The quantitative estimate of drug-likeness (QED) is 0.651. The SMILES string of the molecule is CC1CCCCN1c1ncnc(NNC(C)(C)C)c1[N+](=O)[O-]. The van der Waals surface area contributed by atoms with E-state index in [0.29, 0.717) is 5.82 Å². The van der Waals surface area contributed by atoms with Crippen LogP contribution in [0, 0.1) is 10.1 Å². The first kappa shape index (κ1) is 16.4. The van der Waals surface area contributed by atoms with Crippen LogP contribution < -0.4 is 15.8 Å². The van der Waals surface area contributed by atoms with E-state index < -0.39 is 4.92 Å². The minimum absolute atomic E-state index is 0.0759. The minimum Gasteiger partial charge on any atom is -0.348 e. The number of nitro groups is 1. The molecule has 0 saturated carbocycles. The summed E-state index contributed by atoms with van der Waals surface area (Å²) in [6.07, 6.45) is 4.56. The summed E-state index contributed by atoms with van der Waals surface area (Å²) in [7, 11) is 0. The van der Waals surface area contributed by atoms with E-state index in [1.54, 1.807) is 0 Å². The van der Waals surface area contributed by atoms with E-state index in [-0.39, 0.29) is 23.1 Å². The molecule has 8 nitrogen and oxygen atoms in total. The summed E-state index contributed by atoms with van der Waals surface area (Å²) in [5.74, 6) is 0.591. The van der Waals surface area contributed by atoms with E-state index in [4.69, 9.17) is 0 Å². The van der Waals surface area contributed by atoms with Crippen LogP contribution in [0.5, 0.6) is 0 Å². The summed E-state index contributed by atoms with van der Waals surface area (Å²) >= 11 is 0. The van der Waals surface area contributed by atoms with Crippen molar-refractivity contribution in [3.8, 4) is 0 Å². The zero-order valence-electron chi connectivity index (χ0n) is 13.6. The van der Waals surface area contributed by atoms with Crippen LogP contribution in [0.25, 0.3) is 0 Å². The fourth-order valence-electron chi connectivity index (χ4n) is 2.50. The van der Waals surface area contributed by atoms with E-state index >= 15 is 0 Å². The lowest BCUT2D eigenvalue weighted by molar-refractivity contribution is -0.383. The largest absolute Gasteiger partial charge is 0.354 e. The zero-order valence-corrected chi connectivity index (χ0v) is 13.6. The Morgan fingerprint density at radius 3 is 2.68 bits per heavy atom. The van der Waals surface area contributed by atoms with Crippen LogP contribution >= 0.6 is 0 Å². The number of piperidine rings is 1. The molecule has 0 aliphatic carbocycles. The third kappa shape index (κ3) is 3.82. The van der Waals surface area contributed by atoms with Crippen molar-refractivity contribution in [2.24, 2.45) is 0 Å². The molecule has 1 saturated heterocycles. The molecule has 1 aromatic heterocycles. The van der Waals surface area contributed by atoms with Crippen molar-refractivity contribution < 1.29 is 4.92 Å². The van der Waals surface area contributed by atoms with Crippen molar-refractivity contribution in [3.05, 3.63) is 16.4 Å². The Bertz CT molecular complexity index is 543. The van der Waals surface area contributed by atoms with E-state index in [2.05, 4.69) is 27.7 Å². The lowest BCUT2D eigenvalue weighted by Gasteiger charge is -2.34. The molecule has 2 heterocycles. The molecule has 0 spiro atoms. The summed E-state index contributed by atoms with van der Waals surface area (Å²) in [6, 6.07) is 0.241. The molecular weight excluding hydrogens is 284 g/mol. The molecule has 1 aliphatic heterocycles. The molecule has 1 unspecified atom stereocenters. The highest BCUT2D eigenvalue weighted by atomic mass is 16.6. The standard InChI is InChI=1S/C14H24N6O2/c1-10-7-5-6-8-19(10)13-11(20(21)22)12(15-9-16-13)17-18-14(2,3)4/h9-10,18H,5-8H2,1-4H3,(H,15,16,17). The predicted molar refractivity (Wildman–Crippen MR) is 85.9 cm³/mol. The normalized spacial score (nSPS) is 19.1. The van der Waals surface area contributed by atoms with Crippen LogP contribution in [0.1, 0.15) is 47.0 Å². The van der Waals surface area contributed by atoms with Gasteiger partial charge in [-0.25, -0.2) is 15.4 Å². The molecule has 0 amide bonds. The number of aromatic nitrogens is 2. The highest BCUT2D eigenvalue weighted by molar-refractivity contribution is 5.70. The molecule has 1 fully saturated rings. The molecule has 1 aromatic rings. The Balaban J connectivity index is 2.35. The Kier molecular flexibility index (Phi) is 4.80. The van der Waals surface area contributed by atoms with Crippen LogP contribution in [-0.4, -0.2) is 33.0 Å². The summed E-state index contributed by atoms with van der Waals surface area (Å²) in [4.78, 5) is 21.4. The Morgan fingerprint density at radius 1 is 1.36 bits per heavy atom. The van der Waals surface area contributed by atoms with Gasteiger partial charge in [-0.2, -0.15) is 0 Å².